The van der Waals surface area contributed by atoms with E-state index in [-0.39, 0.29) is 30.7 Å². The van der Waals surface area contributed by atoms with Crippen molar-refractivity contribution < 1.29 is 14.3 Å². The van der Waals surface area contributed by atoms with Gasteiger partial charge in [0, 0.05) is 12.6 Å². The Hall–Kier alpha value is -1.43. The van der Waals surface area contributed by atoms with Crippen molar-refractivity contribution >= 4 is 5.91 Å². The van der Waals surface area contributed by atoms with Crippen LogP contribution >= 0.6 is 0 Å². The average Bonchev–Trinajstić information content (AvgIpc) is 2.89. The molecule has 3 rings (SSSR count). The minimum Gasteiger partial charge on any atom is -0.352 e. The maximum absolute atomic E-state index is 12.3. The Balaban J connectivity index is 1.59. The summed E-state index contributed by atoms with van der Waals surface area (Å²) in [5.41, 5.74) is 1.25. The minimum atomic E-state index is -0.386. The number of amides is 1. The van der Waals surface area contributed by atoms with E-state index in [1.165, 1.54) is 5.56 Å². The molecule has 0 aromatic heterocycles. The van der Waals surface area contributed by atoms with Crippen LogP contribution in [-0.2, 0) is 14.3 Å². The molecule has 0 spiro atoms. The van der Waals surface area contributed by atoms with Gasteiger partial charge in [-0.25, -0.2) is 0 Å². The Morgan fingerprint density at radius 1 is 1.27 bits per heavy atom. The average molecular weight is 304 g/mol. The van der Waals surface area contributed by atoms with Gasteiger partial charge in [0.2, 0.25) is 5.91 Å². The van der Waals surface area contributed by atoms with E-state index in [0.29, 0.717) is 13.2 Å². The third-order valence-electron chi connectivity index (χ3n) is 4.38. The molecule has 120 valence electrons. The zero-order valence-corrected chi connectivity index (χ0v) is 13.0. The highest BCUT2D eigenvalue weighted by atomic mass is 16.7. The van der Waals surface area contributed by atoms with Crippen LogP contribution < -0.4 is 5.32 Å². The summed E-state index contributed by atoms with van der Waals surface area (Å²) in [5.74, 6) is 0.00753. The summed E-state index contributed by atoms with van der Waals surface area (Å²) < 4.78 is 10.9. The lowest BCUT2D eigenvalue weighted by atomic mass is 10.00. The molecule has 1 aromatic rings. The number of benzene rings is 1. The molecule has 0 radical (unpaired) electrons. The molecule has 2 atom stereocenters. The highest BCUT2D eigenvalue weighted by Gasteiger charge is 2.34. The van der Waals surface area contributed by atoms with Crippen molar-refractivity contribution in [2.24, 2.45) is 0 Å². The first-order valence-corrected chi connectivity index (χ1v) is 8.02. The van der Waals surface area contributed by atoms with Gasteiger partial charge < -0.3 is 14.8 Å². The zero-order valence-electron chi connectivity index (χ0n) is 13.0. The van der Waals surface area contributed by atoms with Gasteiger partial charge in [-0.15, -0.1) is 0 Å². The number of carbonyl (C=O) groups excluding carboxylic acids is 1. The summed E-state index contributed by atoms with van der Waals surface area (Å²) in [7, 11) is 2.11. The number of nitrogens with one attached hydrogen (secondary N) is 1. The normalized spacial score (nSPS) is 27.0. The lowest BCUT2D eigenvalue weighted by Crippen LogP contribution is -2.41. The predicted octanol–water partition coefficient (Wildman–Crippen LogP) is 1.70. The summed E-state index contributed by atoms with van der Waals surface area (Å²) in [6.07, 6.45) is 1.76. The summed E-state index contributed by atoms with van der Waals surface area (Å²) in [6, 6.07) is 10.7. The van der Waals surface area contributed by atoms with E-state index in [0.717, 1.165) is 19.4 Å². The molecule has 5 nitrogen and oxygen atoms in total. The molecule has 2 aliphatic rings. The molecule has 1 aromatic carbocycles. The smallest absolute Gasteiger partial charge is 0.225 e. The molecule has 2 heterocycles. The number of hydrogen-bond acceptors (Lipinski definition) is 4. The molecule has 1 N–H and O–H groups in total. The molecule has 2 fully saturated rings. The number of likely N-dealkylation sites (tertiary alicyclic amines) is 1. The van der Waals surface area contributed by atoms with Gasteiger partial charge in [-0.05, 0) is 25.5 Å². The fraction of sp³-hybridized carbons (Fsp3) is 0.588. The van der Waals surface area contributed by atoms with Crippen LogP contribution in [0.3, 0.4) is 0 Å². The van der Waals surface area contributed by atoms with Gasteiger partial charge in [0.25, 0.3) is 0 Å². The standard InChI is InChI=1S/C17H24N2O3/c1-19-9-8-14(17(19)13-6-3-2-4-7-13)18-15(20)12-16-21-10-5-11-22-16/h2-4,6-7,14,16-17H,5,8-12H2,1H3,(H,18,20)/t14-,17-/m1/s1. The summed E-state index contributed by atoms with van der Waals surface area (Å²) in [6.45, 7) is 2.34. The first kappa shape index (κ1) is 15.5. The van der Waals surface area contributed by atoms with E-state index >= 15 is 0 Å². The van der Waals surface area contributed by atoms with Crippen LogP contribution in [0.15, 0.2) is 30.3 Å². The summed E-state index contributed by atoms with van der Waals surface area (Å²) in [4.78, 5) is 14.6. The number of carbonyl (C=O) groups is 1. The lowest BCUT2D eigenvalue weighted by molar-refractivity contribution is -0.184. The number of nitrogens with zero attached hydrogens (tertiary/aromatic N) is 1. The second kappa shape index (κ2) is 7.22. The molecule has 5 heteroatoms. The molecule has 2 saturated heterocycles. The SMILES string of the molecule is CN1CC[C@@H](NC(=O)CC2OCCCO2)[C@H]1c1ccccc1. The Kier molecular flexibility index (Phi) is 5.08. The Morgan fingerprint density at radius 2 is 2.00 bits per heavy atom. The summed E-state index contributed by atoms with van der Waals surface area (Å²) >= 11 is 0. The minimum absolute atomic E-state index is 0.00753. The van der Waals surface area contributed by atoms with Crippen LogP contribution in [0.1, 0.15) is 30.9 Å². The number of ether oxygens (including phenoxy) is 2. The third-order valence-corrected chi connectivity index (χ3v) is 4.38. The van der Waals surface area contributed by atoms with Crippen molar-refractivity contribution in [3.8, 4) is 0 Å². The number of likely N-dealkylation sites (N-methyl/N-ethyl adjacent to an activating group) is 1. The van der Waals surface area contributed by atoms with Crippen LogP contribution in [0, 0.1) is 0 Å². The van der Waals surface area contributed by atoms with Crippen molar-refractivity contribution in [3.05, 3.63) is 35.9 Å². The second-order valence-electron chi connectivity index (χ2n) is 6.03. The van der Waals surface area contributed by atoms with Crippen LogP contribution in [0.25, 0.3) is 0 Å². The topological polar surface area (TPSA) is 50.8 Å². The molecule has 0 aliphatic carbocycles. The van der Waals surface area contributed by atoms with Gasteiger partial charge in [0.15, 0.2) is 6.29 Å². The molecule has 0 unspecified atom stereocenters. The van der Waals surface area contributed by atoms with E-state index in [1.807, 2.05) is 18.2 Å². The first-order valence-electron chi connectivity index (χ1n) is 8.02. The molecule has 22 heavy (non-hydrogen) atoms. The fourth-order valence-electron chi connectivity index (χ4n) is 3.31. The maximum Gasteiger partial charge on any atom is 0.225 e. The van der Waals surface area contributed by atoms with E-state index in [9.17, 15) is 4.79 Å². The molecular weight excluding hydrogens is 280 g/mol. The quantitative estimate of drug-likeness (QED) is 0.920. The highest BCUT2D eigenvalue weighted by Crippen LogP contribution is 2.30. The number of hydrogen-bond donors (Lipinski definition) is 1. The largest absolute Gasteiger partial charge is 0.352 e. The molecule has 0 bridgehead atoms. The third kappa shape index (κ3) is 3.66. The molecule has 0 saturated carbocycles. The highest BCUT2D eigenvalue weighted by molar-refractivity contribution is 5.76. The maximum atomic E-state index is 12.3. The van der Waals surface area contributed by atoms with E-state index in [4.69, 9.17) is 9.47 Å². The lowest BCUT2D eigenvalue weighted by Gasteiger charge is -2.27. The van der Waals surface area contributed by atoms with Crippen LogP contribution in [0.5, 0.6) is 0 Å². The molecular formula is C17H24N2O3. The first-order chi connectivity index (χ1) is 10.7. The van der Waals surface area contributed by atoms with E-state index in [2.05, 4.69) is 29.4 Å². The van der Waals surface area contributed by atoms with Gasteiger partial charge in [-0.1, -0.05) is 30.3 Å². The Bertz CT molecular complexity index is 488. The van der Waals surface area contributed by atoms with Crippen LogP contribution in [-0.4, -0.2) is 49.9 Å². The van der Waals surface area contributed by atoms with Crippen molar-refractivity contribution in [2.75, 3.05) is 26.8 Å². The van der Waals surface area contributed by atoms with Gasteiger partial charge in [0.05, 0.1) is 25.7 Å². The van der Waals surface area contributed by atoms with Crippen LogP contribution in [0.4, 0.5) is 0 Å². The molecule has 2 aliphatic heterocycles. The van der Waals surface area contributed by atoms with E-state index in [1.54, 1.807) is 0 Å². The molecule has 1 amide bonds. The van der Waals surface area contributed by atoms with Gasteiger partial charge in [-0.2, -0.15) is 0 Å². The van der Waals surface area contributed by atoms with Gasteiger partial charge in [0.1, 0.15) is 0 Å². The predicted molar refractivity (Wildman–Crippen MR) is 83.3 cm³/mol. The van der Waals surface area contributed by atoms with Crippen LogP contribution in [0.2, 0.25) is 0 Å². The Labute approximate surface area is 131 Å². The van der Waals surface area contributed by atoms with E-state index < -0.39 is 0 Å². The van der Waals surface area contributed by atoms with Gasteiger partial charge >= 0.3 is 0 Å². The Morgan fingerprint density at radius 3 is 2.73 bits per heavy atom. The van der Waals surface area contributed by atoms with Crippen molar-refractivity contribution in [1.82, 2.24) is 10.2 Å². The monoisotopic (exact) mass is 304 g/mol. The second-order valence-corrected chi connectivity index (χ2v) is 6.03. The number of rotatable bonds is 4. The fourth-order valence-corrected chi connectivity index (χ4v) is 3.31. The van der Waals surface area contributed by atoms with Crippen molar-refractivity contribution in [1.29, 1.82) is 0 Å². The van der Waals surface area contributed by atoms with Gasteiger partial charge in [-0.3, -0.25) is 9.69 Å². The van der Waals surface area contributed by atoms with Crippen molar-refractivity contribution in [3.63, 3.8) is 0 Å². The zero-order chi connectivity index (χ0) is 15.4. The van der Waals surface area contributed by atoms with Crippen molar-refractivity contribution in [2.45, 2.75) is 37.6 Å². The summed E-state index contributed by atoms with van der Waals surface area (Å²) in [5, 5.41) is 3.16.